The van der Waals surface area contributed by atoms with Crippen molar-refractivity contribution < 1.29 is 0 Å². The highest BCUT2D eigenvalue weighted by molar-refractivity contribution is 5.59. The lowest BCUT2D eigenvalue weighted by Gasteiger charge is -2.31. The van der Waals surface area contributed by atoms with E-state index in [1.54, 1.807) is 0 Å². The Bertz CT molecular complexity index is 497. The van der Waals surface area contributed by atoms with Gasteiger partial charge in [-0.1, -0.05) is 0 Å². The zero-order valence-corrected chi connectivity index (χ0v) is 10.0. The summed E-state index contributed by atoms with van der Waals surface area (Å²) in [5.41, 5.74) is 5.45. The number of hydrogen-bond acceptors (Lipinski definition) is 6. The van der Waals surface area contributed by atoms with Gasteiger partial charge in [0.05, 0.1) is 18.9 Å². The largest absolute Gasteiger partial charge is 0.391 e. The molecule has 1 fully saturated rings. The Morgan fingerprint density at radius 2 is 2.33 bits per heavy atom. The standard InChI is InChI=1S/C11H16N6O/c12-3-6-17-4-1-8(2-5-17)16-10-9(13)11(18)15-7-14-10/h7-8H,1-2,4-6,13H2,(H2,14,15,16,18). The summed E-state index contributed by atoms with van der Waals surface area (Å²) in [5.74, 6) is 0.442. The second kappa shape index (κ2) is 5.51. The summed E-state index contributed by atoms with van der Waals surface area (Å²) in [7, 11) is 0. The van der Waals surface area contributed by atoms with Crippen molar-refractivity contribution in [3.05, 3.63) is 16.7 Å². The Morgan fingerprint density at radius 3 is 3.00 bits per heavy atom. The van der Waals surface area contributed by atoms with Gasteiger partial charge in [-0.2, -0.15) is 5.26 Å². The van der Waals surface area contributed by atoms with Crippen LogP contribution in [0.25, 0.3) is 0 Å². The topological polar surface area (TPSA) is 111 Å². The van der Waals surface area contributed by atoms with Crippen molar-refractivity contribution >= 4 is 11.5 Å². The van der Waals surface area contributed by atoms with Gasteiger partial charge in [-0.05, 0) is 12.8 Å². The lowest BCUT2D eigenvalue weighted by Crippen LogP contribution is -2.39. The van der Waals surface area contributed by atoms with Crippen molar-refractivity contribution in [3.63, 3.8) is 0 Å². The molecule has 0 aliphatic carbocycles. The number of aromatic amines is 1. The number of nitrogens with two attached hydrogens (primary N) is 1. The number of nitriles is 1. The molecule has 1 saturated heterocycles. The second-order valence-corrected chi connectivity index (χ2v) is 4.35. The maximum absolute atomic E-state index is 11.3. The van der Waals surface area contributed by atoms with Gasteiger partial charge in [0.15, 0.2) is 5.82 Å². The molecule has 2 heterocycles. The molecule has 7 heteroatoms. The van der Waals surface area contributed by atoms with Gasteiger partial charge in [0.2, 0.25) is 0 Å². The molecule has 1 aromatic heterocycles. The van der Waals surface area contributed by atoms with Gasteiger partial charge < -0.3 is 16.0 Å². The molecule has 0 atom stereocenters. The van der Waals surface area contributed by atoms with Crippen LogP contribution >= 0.6 is 0 Å². The first-order chi connectivity index (χ1) is 8.70. The smallest absolute Gasteiger partial charge is 0.276 e. The molecule has 7 nitrogen and oxygen atoms in total. The van der Waals surface area contributed by atoms with E-state index in [9.17, 15) is 4.79 Å². The average molecular weight is 248 g/mol. The van der Waals surface area contributed by atoms with Crippen LogP contribution in [0.5, 0.6) is 0 Å². The van der Waals surface area contributed by atoms with Crippen molar-refractivity contribution in [3.8, 4) is 6.07 Å². The molecular formula is C11H16N6O. The van der Waals surface area contributed by atoms with E-state index in [1.807, 2.05) is 0 Å². The fraction of sp³-hybridized carbons (Fsp3) is 0.545. The quantitative estimate of drug-likeness (QED) is 0.636. The molecule has 0 spiro atoms. The number of H-pyrrole nitrogens is 1. The first-order valence-electron chi connectivity index (χ1n) is 5.89. The molecule has 96 valence electrons. The maximum Gasteiger partial charge on any atom is 0.276 e. The normalized spacial score (nSPS) is 17.3. The molecule has 2 rings (SSSR count). The molecule has 0 unspecified atom stereocenters. The first kappa shape index (κ1) is 12.4. The van der Waals surface area contributed by atoms with Gasteiger partial charge in [-0.25, -0.2) is 4.98 Å². The number of aromatic nitrogens is 2. The summed E-state index contributed by atoms with van der Waals surface area (Å²) in [6.07, 6.45) is 3.16. The van der Waals surface area contributed by atoms with E-state index in [2.05, 4.69) is 26.3 Å². The lowest BCUT2D eigenvalue weighted by molar-refractivity contribution is 0.242. The predicted octanol–water partition coefficient (Wildman–Crippen LogP) is -0.248. The van der Waals surface area contributed by atoms with Crippen molar-refractivity contribution in [2.24, 2.45) is 0 Å². The minimum absolute atomic E-state index is 0.122. The third kappa shape index (κ3) is 2.78. The fourth-order valence-corrected chi connectivity index (χ4v) is 2.05. The van der Waals surface area contributed by atoms with Crippen molar-refractivity contribution in [2.75, 3.05) is 30.7 Å². The summed E-state index contributed by atoms with van der Waals surface area (Å²) in [4.78, 5) is 19.9. The summed E-state index contributed by atoms with van der Waals surface area (Å²) >= 11 is 0. The minimum atomic E-state index is -0.325. The number of rotatable bonds is 3. The Morgan fingerprint density at radius 1 is 1.61 bits per heavy atom. The number of nitrogens with zero attached hydrogens (tertiary/aromatic N) is 3. The van der Waals surface area contributed by atoms with Crippen LogP contribution in [-0.2, 0) is 0 Å². The van der Waals surface area contributed by atoms with Crippen LogP contribution in [0.3, 0.4) is 0 Å². The van der Waals surface area contributed by atoms with Crippen molar-refractivity contribution in [1.82, 2.24) is 14.9 Å². The van der Waals surface area contributed by atoms with Crippen molar-refractivity contribution in [1.29, 1.82) is 5.26 Å². The number of hydrogen-bond donors (Lipinski definition) is 3. The third-order valence-corrected chi connectivity index (χ3v) is 3.11. The number of likely N-dealkylation sites (tertiary alicyclic amines) is 1. The highest BCUT2D eigenvalue weighted by Gasteiger charge is 2.19. The first-order valence-corrected chi connectivity index (χ1v) is 5.89. The SMILES string of the molecule is N#CCN1CCC(Nc2nc[nH]c(=O)c2N)CC1. The number of anilines is 2. The highest BCUT2D eigenvalue weighted by atomic mass is 16.1. The zero-order chi connectivity index (χ0) is 13.0. The van der Waals surface area contributed by atoms with Gasteiger partial charge in [0.25, 0.3) is 5.56 Å². The molecule has 0 radical (unpaired) electrons. The molecule has 0 aromatic carbocycles. The van der Waals surface area contributed by atoms with Crippen LogP contribution in [0.1, 0.15) is 12.8 Å². The minimum Gasteiger partial charge on any atom is -0.391 e. The molecule has 1 aliphatic heterocycles. The van der Waals surface area contributed by atoms with E-state index in [4.69, 9.17) is 11.0 Å². The Kier molecular flexibility index (Phi) is 3.79. The van der Waals surface area contributed by atoms with Crippen LogP contribution in [0.15, 0.2) is 11.1 Å². The second-order valence-electron chi connectivity index (χ2n) is 4.35. The predicted molar refractivity (Wildman–Crippen MR) is 68.0 cm³/mol. The van der Waals surface area contributed by atoms with E-state index >= 15 is 0 Å². The van der Waals surface area contributed by atoms with E-state index in [0.717, 1.165) is 25.9 Å². The van der Waals surface area contributed by atoms with Crippen LogP contribution in [0.2, 0.25) is 0 Å². The van der Waals surface area contributed by atoms with Gasteiger partial charge >= 0.3 is 0 Å². The molecule has 0 amide bonds. The molecule has 4 N–H and O–H groups in total. The summed E-state index contributed by atoms with van der Waals surface area (Å²) in [6, 6.07) is 2.39. The number of nitrogens with one attached hydrogen (secondary N) is 2. The zero-order valence-electron chi connectivity index (χ0n) is 10.0. The number of piperidine rings is 1. The van der Waals surface area contributed by atoms with Gasteiger partial charge in [0.1, 0.15) is 5.69 Å². The Balaban J connectivity index is 1.94. The van der Waals surface area contributed by atoms with E-state index in [-0.39, 0.29) is 17.3 Å². The van der Waals surface area contributed by atoms with E-state index in [1.165, 1.54) is 6.33 Å². The van der Waals surface area contributed by atoms with Crippen LogP contribution in [0, 0.1) is 11.3 Å². The van der Waals surface area contributed by atoms with Crippen LogP contribution in [0.4, 0.5) is 11.5 Å². The molecule has 1 aliphatic rings. The third-order valence-electron chi connectivity index (χ3n) is 3.11. The maximum atomic E-state index is 11.3. The molecular weight excluding hydrogens is 232 g/mol. The highest BCUT2D eigenvalue weighted by Crippen LogP contribution is 2.16. The lowest BCUT2D eigenvalue weighted by atomic mass is 10.1. The van der Waals surface area contributed by atoms with E-state index in [0.29, 0.717) is 12.4 Å². The summed E-state index contributed by atoms with van der Waals surface area (Å²) in [6.45, 7) is 2.21. The van der Waals surface area contributed by atoms with E-state index < -0.39 is 0 Å². The summed E-state index contributed by atoms with van der Waals surface area (Å²) < 4.78 is 0. The van der Waals surface area contributed by atoms with Gasteiger partial charge in [-0.3, -0.25) is 9.69 Å². The van der Waals surface area contributed by atoms with Crippen LogP contribution < -0.4 is 16.6 Å². The molecule has 1 aromatic rings. The molecule has 0 bridgehead atoms. The molecule has 0 saturated carbocycles. The monoisotopic (exact) mass is 248 g/mol. The van der Waals surface area contributed by atoms with Gasteiger partial charge in [0, 0.05) is 19.1 Å². The van der Waals surface area contributed by atoms with Gasteiger partial charge in [-0.15, -0.1) is 0 Å². The average Bonchev–Trinajstić information content (AvgIpc) is 2.38. The van der Waals surface area contributed by atoms with Crippen molar-refractivity contribution in [2.45, 2.75) is 18.9 Å². The Labute approximate surface area is 105 Å². The number of nitrogen functional groups attached to an aromatic ring is 1. The Hall–Kier alpha value is -2.07. The fourth-order valence-electron chi connectivity index (χ4n) is 2.05. The summed E-state index contributed by atoms with van der Waals surface area (Å²) in [5, 5.41) is 11.8. The van der Waals surface area contributed by atoms with Crippen LogP contribution in [-0.4, -0.2) is 40.5 Å². The molecule has 18 heavy (non-hydrogen) atoms.